The molecule has 0 spiro atoms. The molecule has 0 N–H and O–H groups in total. The quantitative estimate of drug-likeness (QED) is 0.364. The van der Waals surface area contributed by atoms with Crippen molar-refractivity contribution in [2.75, 3.05) is 0 Å². The molecule has 0 saturated heterocycles. The van der Waals surface area contributed by atoms with Gasteiger partial charge in [0.25, 0.3) is 0 Å². The van der Waals surface area contributed by atoms with Crippen molar-refractivity contribution in [3.8, 4) is 0 Å². The molecule has 3 aromatic carbocycles. The van der Waals surface area contributed by atoms with Crippen LogP contribution in [-0.4, -0.2) is 4.57 Å². The highest BCUT2D eigenvalue weighted by Crippen LogP contribution is 2.32. The normalized spacial score (nSPS) is 11.2. The number of nitrogens with zero attached hydrogens (tertiary/aromatic N) is 1. The molecule has 0 amide bonds. The van der Waals surface area contributed by atoms with E-state index in [2.05, 4.69) is 97.4 Å². The van der Waals surface area contributed by atoms with Gasteiger partial charge in [0.2, 0.25) is 0 Å². The number of aromatic nitrogens is 1. The molecule has 0 bridgehead atoms. The van der Waals surface area contributed by atoms with Gasteiger partial charge in [0.1, 0.15) is 0 Å². The molecule has 0 aliphatic heterocycles. The number of aryl methyl sites for hydroxylation is 2. The van der Waals surface area contributed by atoms with Crippen LogP contribution < -0.4 is 0 Å². The van der Waals surface area contributed by atoms with Crippen LogP contribution in [0.1, 0.15) is 22.3 Å². The summed E-state index contributed by atoms with van der Waals surface area (Å²) < 4.78 is 2.38. The first kappa shape index (κ1) is 17.0. The van der Waals surface area contributed by atoms with E-state index in [-0.39, 0.29) is 0 Å². The number of hydrogen-bond donors (Lipinski definition) is 0. The van der Waals surface area contributed by atoms with E-state index in [1.165, 1.54) is 38.1 Å². The Labute approximate surface area is 159 Å². The number of thioether (sulfide) groups is 1. The van der Waals surface area contributed by atoms with Crippen LogP contribution in [0.3, 0.4) is 0 Å². The van der Waals surface area contributed by atoms with Gasteiger partial charge >= 0.3 is 0 Å². The molecule has 26 heavy (non-hydrogen) atoms. The number of benzene rings is 3. The highest BCUT2D eigenvalue weighted by atomic mass is 32.2. The van der Waals surface area contributed by atoms with Crippen molar-refractivity contribution in [2.24, 2.45) is 0 Å². The second kappa shape index (κ2) is 7.43. The minimum Gasteiger partial charge on any atom is -0.342 e. The van der Waals surface area contributed by atoms with Gasteiger partial charge in [-0.15, -0.1) is 11.8 Å². The van der Waals surface area contributed by atoms with Crippen LogP contribution in [0.25, 0.3) is 10.9 Å². The Hall–Kier alpha value is -2.45. The summed E-state index contributed by atoms with van der Waals surface area (Å²) in [6.07, 6.45) is 2.31. The van der Waals surface area contributed by atoms with E-state index in [0.717, 1.165) is 12.3 Å². The SMILES string of the molecule is Cc1ccc(CSc2cn(Cc3cccc(C)c3)c3ccccc23)cc1. The lowest BCUT2D eigenvalue weighted by Gasteiger charge is -2.06. The molecule has 1 nitrogen and oxygen atoms in total. The topological polar surface area (TPSA) is 4.93 Å². The van der Waals surface area contributed by atoms with Crippen LogP contribution >= 0.6 is 11.8 Å². The third kappa shape index (κ3) is 3.71. The first-order chi connectivity index (χ1) is 12.7. The Morgan fingerprint density at radius 2 is 1.58 bits per heavy atom. The van der Waals surface area contributed by atoms with Crippen LogP contribution in [0.15, 0.2) is 83.9 Å². The van der Waals surface area contributed by atoms with Gasteiger partial charge in [-0.25, -0.2) is 0 Å². The maximum Gasteiger partial charge on any atom is 0.0495 e. The van der Waals surface area contributed by atoms with Crippen molar-refractivity contribution in [2.45, 2.75) is 31.0 Å². The van der Waals surface area contributed by atoms with Gasteiger partial charge in [-0.05, 0) is 31.0 Å². The van der Waals surface area contributed by atoms with Crippen LogP contribution in [0.4, 0.5) is 0 Å². The molecular formula is C24H23NS. The van der Waals surface area contributed by atoms with Gasteiger partial charge in [-0.3, -0.25) is 0 Å². The molecule has 4 aromatic rings. The Kier molecular flexibility index (Phi) is 4.85. The first-order valence-electron chi connectivity index (χ1n) is 9.01. The van der Waals surface area contributed by atoms with Gasteiger partial charge in [0, 0.05) is 34.3 Å². The van der Waals surface area contributed by atoms with E-state index in [1.807, 2.05) is 11.8 Å². The highest BCUT2D eigenvalue weighted by molar-refractivity contribution is 7.98. The fourth-order valence-electron chi connectivity index (χ4n) is 3.31. The summed E-state index contributed by atoms with van der Waals surface area (Å²) in [6.45, 7) is 5.20. The molecule has 130 valence electrons. The molecule has 0 fully saturated rings. The van der Waals surface area contributed by atoms with E-state index in [4.69, 9.17) is 0 Å². The van der Waals surface area contributed by atoms with E-state index >= 15 is 0 Å². The maximum atomic E-state index is 2.38. The van der Waals surface area contributed by atoms with Gasteiger partial charge in [-0.2, -0.15) is 0 Å². The van der Waals surface area contributed by atoms with Crippen molar-refractivity contribution in [1.82, 2.24) is 4.57 Å². The van der Waals surface area contributed by atoms with E-state index in [1.54, 1.807) is 0 Å². The third-order valence-corrected chi connectivity index (χ3v) is 5.82. The molecule has 1 heterocycles. The van der Waals surface area contributed by atoms with Crippen LogP contribution in [-0.2, 0) is 12.3 Å². The van der Waals surface area contributed by atoms with Gasteiger partial charge in [0.05, 0.1) is 0 Å². The number of para-hydroxylation sites is 1. The summed E-state index contributed by atoms with van der Waals surface area (Å²) in [6, 6.07) is 26.3. The summed E-state index contributed by atoms with van der Waals surface area (Å²) in [4.78, 5) is 1.36. The molecule has 2 heteroatoms. The third-order valence-electron chi connectivity index (χ3n) is 4.70. The molecule has 0 atom stereocenters. The molecular weight excluding hydrogens is 334 g/mol. The Bertz CT molecular complexity index is 1030. The summed E-state index contributed by atoms with van der Waals surface area (Å²) in [5.74, 6) is 0.999. The van der Waals surface area contributed by atoms with Crippen LogP contribution in [0.2, 0.25) is 0 Å². The molecule has 1 aromatic heterocycles. The summed E-state index contributed by atoms with van der Waals surface area (Å²) in [5.41, 5.74) is 6.65. The first-order valence-corrected chi connectivity index (χ1v) is 9.99. The Morgan fingerprint density at radius 1 is 0.769 bits per heavy atom. The number of hydrogen-bond acceptors (Lipinski definition) is 1. The zero-order chi connectivity index (χ0) is 17.9. The monoisotopic (exact) mass is 357 g/mol. The van der Waals surface area contributed by atoms with E-state index in [9.17, 15) is 0 Å². The molecule has 0 radical (unpaired) electrons. The molecule has 0 unspecified atom stereocenters. The van der Waals surface area contributed by atoms with Gasteiger partial charge in [-0.1, -0.05) is 77.9 Å². The highest BCUT2D eigenvalue weighted by Gasteiger charge is 2.09. The number of rotatable bonds is 5. The maximum absolute atomic E-state index is 2.38. The van der Waals surface area contributed by atoms with Crippen molar-refractivity contribution < 1.29 is 0 Å². The second-order valence-electron chi connectivity index (χ2n) is 6.90. The standard InChI is InChI=1S/C24H23NS/c1-18-10-12-20(13-11-18)17-26-24-16-25(23-9-4-3-8-22(23)24)15-21-7-5-6-19(2)14-21/h3-14,16H,15,17H2,1-2H3. The van der Waals surface area contributed by atoms with Gasteiger partial charge in [0.15, 0.2) is 0 Å². The molecule has 4 rings (SSSR count). The average Bonchev–Trinajstić information content (AvgIpc) is 2.99. The lowest BCUT2D eigenvalue weighted by atomic mass is 10.1. The molecule has 0 aliphatic carbocycles. The lowest BCUT2D eigenvalue weighted by Crippen LogP contribution is -1.97. The van der Waals surface area contributed by atoms with Gasteiger partial charge < -0.3 is 4.57 Å². The van der Waals surface area contributed by atoms with E-state index in [0.29, 0.717) is 0 Å². The molecule has 0 saturated carbocycles. The summed E-state index contributed by atoms with van der Waals surface area (Å²) in [7, 11) is 0. The zero-order valence-electron chi connectivity index (χ0n) is 15.3. The second-order valence-corrected chi connectivity index (χ2v) is 7.92. The predicted molar refractivity (Wildman–Crippen MR) is 113 cm³/mol. The molecule has 0 aliphatic rings. The van der Waals surface area contributed by atoms with Crippen molar-refractivity contribution in [3.05, 3.63) is 101 Å². The van der Waals surface area contributed by atoms with Crippen LogP contribution in [0.5, 0.6) is 0 Å². The van der Waals surface area contributed by atoms with Crippen molar-refractivity contribution in [3.63, 3.8) is 0 Å². The average molecular weight is 358 g/mol. The largest absolute Gasteiger partial charge is 0.342 e. The lowest BCUT2D eigenvalue weighted by molar-refractivity contribution is 0.829. The number of fused-ring (bicyclic) bond motifs is 1. The minimum atomic E-state index is 0.910. The predicted octanol–water partition coefficient (Wildman–Crippen LogP) is 6.60. The van der Waals surface area contributed by atoms with Crippen LogP contribution in [0, 0.1) is 13.8 Å². The fourth-order valence-corrected chi connectivity index (χ4v) is 4.36. The minimum absolute atomic E-state index is 0.910. The Balaban J connectivity index is 1.62. The fraction of sp³-hybridized carbons (Fsp3) is 0.167. The van der Waals surface area contributed by atoms with E-state index < -0.39 is 0 Å². The zero-order valence-corrected chi connectivity index (χ0v) is 16.1. The Morgan fingerprint density at radius 3 is 2.38 bits per heavy atom. The van der Waals surface area contributed by atoms with Crippen molar-refractivity contribution >= 4 is 22.7 Å². The van der Waals surface area contributed by atoms with Crippen molar-refractivity contribution in [1.29, 1.82) is 0 Å². The summed E-state index contributed by atoms with van der Waals surface area (Å²) >= 11 is 1.92. The summed E-state index contributed by atoms with van der Waals surface area (Å²) in [5, 5.41) is 1.34. The smallest absolute Gasteiger partial charge is 0.0495 e.